The van der Waals surface area contributed by atoms with Crippen molar-refractivity contribution in [3.63, 3.8) is 0 Å². The Kier molecular flexibility index (Phi) is 9.17. The van der Waals surface area contributed by atoms with E-state index in [1.165, 1.54) is 0 Å². The van der Waals surface area contributed by atoms with Crippen LogP contribution in [0.25, 0.3) is 0 Å². The molecule has 0 saturated carbocycles. The van der Waals surface area contributed by atoms with E-state index in [1.807, 2.05) is 0 Å². The molecular formula is C21H54InN3Si3. The van der Waals surface area contributed by atoms with Gasteiger partial charge in [-0.25, -0.2) is 0 Å². The Labute approximate surface area is 191 Å². The molecule has 0 rings (SSSR count). The number of rotatable bonds is 6. The monoisotopic (exact) mass is 547 g/mol. The molecule has 0 amide bonds. The van der Waals surface area contributed by atoms with Crippen LogP contribution < -0.4 is 0 Å². The molecular weight excluding hydrogens is 493 g/mol. The van der Waals surface area contributed by atoms with Crippen LogP contribution in [-0.2, 0) is 0 Å². The SMILES string of the molecule is CC(C)(C)[N]([In]([N](C(C)(C)C)[Si](C)(C)C)[N](C(C)(C)C)[Si](C)(C)C)[Si](C)(C)C. The fraction of sp³-hybridized carbons (Fsp3) is 1.00. The molecule has 0 fully saturated rings. The molecule has 3 nitrogen and oxygen atoms in total. The minimum atomic E-state index is -2.65. The summed E-state index contributed by atoms with van der Waals surface area (Å²) >= 11 is -2.65. The standard InChI is InChI=1S/3C7H18NSi.In/c3*1-7(2,3)8-9(4,5)6;/h3*1-6H3;/q3*-1;+3. The zero-order chi connectivity index (χ0) is 23.3. The summed E-state index contributed by atoms with van der Waals surface area (Å²) in [6, 6.07) is 0. The fourth-order valence-electron chi connectivity index (χ4n) is 5.44. The van der Waals surface area contributed by atoms with Crippen LogP contribution in [0.5, 0.6) is 0 Å². The van der Waals surface area contributed by atoms with Crippen molar-refractivity contribution in [3.05, 3.63) is 0 Å². The number of hydrogen-bond acceptors (Lipinski definition) is 3. The van der Waals surface area contributed by atoms with E-state index >= 15 is 0 Å². The van der Waals surface area contributed by atoms with Crippen molar-refractivity contribution < 1.29 is 0 Å². The van der Waals surface area contributed by atoms with Crippen LogP contribution in [0.15, 0.2) is 0 Å². The Balaban J connectivity index is 7.30. The second kappa shape index (κ2) is 8.74. The summed E-state index contributed by atoms with van der Waals surface area (Å²) in [6.45, 7) is 45.5. The molecule has 0 aromatic heterocycles. The van der Waals surface area contributed by atoms with Crippen LogP contribution in [-0.4, -0.2) is 71.3 Å². The molecule has 0 aliphatic heterocycles. The Hall–Kier alpha value is 1.40. The molecule has 7 heteroatoms. The summed E-state index contributed by atoms with van der Waals surface area (Å²) in [7, 11) is -4.61. The molecule has 0 saturated heterocycles. The van der Waals surface area contributed by atoms with Crippen molar-refractivity contribution in [2.24, 2.45) is 0 Å². The predicted octanol–water partition coefficient (Wildman–Crippen LogP) is 6.78. The third-order valence-electron chi connectivity index (χ3n) is 5.03. The second-order valence-corrected chi connectivity index (χ2v) is 39.8. The summed E-state index contributed by atoms with van der Waals surface area (Å²) in [5, 5.41) is 0. The maximum atomic E-state index is 3.15. The van der Waals surface area contributed by atoms with Gasteiger partial charge < -0.3 is 0 Å². The van der Waals surface area contributed by atoms with Gasteiger partial charge in [0.2, 0.25) is 0 Å². The van der Waals surface area contributed by atoms with Gasteiger partial charge >= 0.3 is 193 Å². The molecule has 168 valence electrons. The van der Waals surface area contributed by atoms with Crippen LogP contribution in [0.3, 0.4) is 0 Å². The predicted molar refractivity (Wildman–Crippen MR) is 141 cm³/mol. The average molecular weight is 548 g/mol. The van der Waals surface area contributed by atoms with E-state index in [0.717, 1.165) is 0 Å². The first kappa shape index (κ1) is 29.4. The van der Waals surface area contributed by atoms with Gasteiger partial charge in [0.05, 0.1) is 0 Å². The molecule has 0 aliphatic carbocycles. The minimum absolute atomic E-state index is 0.206. The molecule has 0 heterocycles. The van der Waals surface area contributed by atoms with Gasteiger partial charge in [0.1, 0.15) is 0 Å². The van der Waals surface area contributed by atoms with Gasteiger partial charge in [-0.15, -0.1) is 0 Å². The molecule has 0 N–H and O–H groups in total. The van der Waals surface area contributed by atoms with Crippen LogP contribution in [0.4, 0.5) is 0 Å². The van der Waals surface area contributed by atoms with E-state index in [2.05, 4.69) is 129 Å². The third-order valence-corrected chi connectivity index (χ3v) is 46.5. The fourth-order valence-corrected chi connectivity index (χ4v) is 46.2. The summed E-state index contributed by atoms with van der Waals surface area (Å²) in [5.41, 5.74) is 0.618. The van der Waals surface area contributed by atoms with Crippen molar-refractivity contribution in [2.45, 2.75) is 138 Å². The van der Waals surface area contributed by atoms with Gasteiger partial charge in [0.15, 0.2) is 0 Å². The van der Waals surface area contributed by atoms with Crippen molar-refractivity contribution >= 4 is 47.0 Å². The number of hydrogen-bond donors (Lipinski definition) is 0. The first-order chi connectivity index (χ1) is 11.7. The first-order valence-electron chi connectivity index (χ1n) is 11.1. The molecule has 0 radical (unpaired) electrons. The maximum absolute atomic E-state index is 3.15. The van der Waals surface area contributed by atoms with Crippen LogP contribution in [0.1, 0.15) is 62.3 Å². The van der Waals surface area contributed by atoms with E-state index in [1.54, 1.807) is 0 Å². The summed E-state index contributed by atoms with van der Waals surface area (Å²) < 4.78 is 9.44. The van der Waals surface area contributed by atoms with E-state index < -0.39 is 47.0 Å². The van der Waals surface area contributed by atoms with Crippen LogP contribution >= 0.6 is 0 Å². The van der Waals surface area contributed by atoms with Gasteiger partial charge in [-0.05, 0) is 0 Å². The van der Waals surface area contributed by atoms with Crippen molar-refractivity contribution in [1.82, 2.24) is 7.66 Å². The molecule has 0 spiro atoms. The van der Waals surface area contributed by atoms with Gasteiger partial charge in [-0.1, -0.05) is 0 Å². The van der Waals surface area contributed by atoms with Gasteiger partial charge in [0.25, 0.3) is 0 Å². The molecule has 0 aliphatic rings. The van der Waals surface area contributed by atoms with Gasteiger partial charge in [-0.3, -0.25) is 0 Å². The second-order valence-electron chi connectivity index (χ2n) is 14.5. The molecule has 0 unspecified atom stereocenters. The molecule has 0 atom stereocenters. The molecule has 0 aromatic carbocycles. The normalized spacial score (nSPS) is 15.8. The quantitative estimate of drug-likeness (QED) is 0.340. The summed E-state index contributed by atoms with van der Waals surface area (Å²) in [4.78, 5) is 0. The van der Waals surface area contributed by atoms with Crippen molar-refractivity contribution in [3.8, 4) is 0 Å². The van der Waals surface area contributed by atoms with Crippen LogP contribution in [0, 0.1) is 0 Å². The number of nitrogens with zero attached hydrogens (tertiary/aromatic N) is 3. The van der Waals surface area contributed by atoms with Crippen LogP contribution in [0.2, 0.25) is 58.9 Å². The molecule has 28 heavy (non-hydrogen) atoms. The summed E-state index contributed by atoms with van der Waals surface area (Å²) in [6.07, 6.45) is 0. The Morgan fingerprint density at radius 1 is 0.393 bits per heavy atom. The van der Waals surface area contributed by atoms with Gasteiger partial charge in [0, 0.05) is 0 Å². The van der Waals surface area contributed by atoms with Gasteiger partial charge in [-0.2, -0.15) is 0 Å². The van der Waals surface area contributed by atoms with E-state index in [0.29, 0.717) is 0 Å². The first-order valence-corrected chi connectivity index (χ1v) is 25.9. The average Bonchev–Trinajstić information content (AvgIpc) is 2.13. The Bertz CT molecular complexity index is 394. The topological polar surface area (TPSA) is 9.72 Å². The Morgan fingerprint density at radius 3 is 0.607 bits per heavy atom. The third kappa shape index (κ3) is 7.83. The summed E-state index contributed by atoms with van der Waals surface area (Å²) in [5.74, 6) is 0. The van der Waals surface area contributed by atoms with Crippen molar-refractivity contribution in [2.75, 3.05) is 0 Å². The van der Waals surface area contributed by atoms with Crippen molar-refractivity contribution in [1.29, 1.82) is 0 Å². The van der Waals surface area contributed by atoms with E-state index in [4.69, 9.17) is 0 Å². The zero-order valence-electron chi connectivity index (χ0n) is 22.9. The van der Waals surface area contributed by atoms with E-state index in [9.17, 15) is 0 Å². The Morgan fingerprint density at radius 2 is 0.536 bits per heavy atom. The molecule has 0 aromatic rings. The van der Waals surface area contributed by atoms with E-state index in [-0.39, 0.29) is 16.6 Å². The molecule has 0 bridgehead atoms. The zero-order valence-corrected chi connectivity index (χ0v) is 29.2.